The molecule has 2 aliphatic rings. The molecule has 29 heavy (non-hydrogen) atoms. The van der Waals surface area contributed by atoms with Crippen molar-refractivity contribution >= 4 is 16.8 Å². The molecule has 1 atom stereocenters. The standard InChI is InChI=1S/C22H28N6O/c1-16-12-17-6-3-4-8-19(17)28(16)15-21(29)26-10-11-27-20(14-26)23-24-22(27)18-7-5-9-25(2)13-18/h3-4,6,8,12,18H,5,7,9-11,13-15H2,1-2H3/t18-/m1/s1. The normalized spacial score (nSPS) is 20.2. The zero-order chi connectivity index (χ0) is 20.0. The van der Waals surface area contributed by atoms with Gasteiger partial charge in [-0.1, -0.05) is 18.2 Å². The number of hydrogen-bond donors (Lipinski definition) is 0. The second-order valence-corrected chi connectivity index (χ2v) is 8.47. The van der Waals surface area contributed by atoms with Crippen LogP contribution < -0.4 is 0 Å². The van der Waals surface area contributed by atoms with E-state index in [2.05, 4.69) is 56.4 Å². The van der Waals surface area contributed by atoms with Crippen molar-refractivity contribution in [2.75, 3.05) is 26.7 Å². The van der Waals surface area contributed by atoms with E-state index in [1.54, 1.807) is 0 Å². The average molecular weight is 393 g/mol. The Bertz CT molecular complexity index is 1050. The Morgan fingerprint density at radius 2 is 2.03 bits per heavy atom. The smallest absolute Gasteiger partial charge is 0.242 e. The minimum Gasteiger partial charge on any atom is -0.335 e. The summed E-state index contributed by atoms with van der Waals surface area (Å²) in [5.41, 5.74) is 2.23. The van der Waals surface area contributed by atoms with Crippen LogP contribution in [0.5, 0.6) is 0 Å². The quantitative estimate of drug-likeness (QED) is 0.687. The summed E-state index contributed by atoms with van der Waals surface area (Å²) in [6.07, 6.45) is 2.38. The molecule has 1 saturated heterocycles. The van der Waals surface area contributed by atoms with E-state index < -0.39 is 0 Å². The van der Waals surface area contributed by atoms with E-state index >= 15 is 0 Å². The number of aryl methyl sites for hydroxylation is 1. The minimum absolute atomic E-state index is 0.141. The van der Waals surface area contributed by atoms with Gasteiger partial charge in [-0.25, -0.2) is 0 Å². The van der Waals surface area contributed by atoms with Crippen molar-refractivity contribution in [1.82, 2.24) is 29.1 Å². The summed E-state index contributed by atoms with van der Waals surface area (Å²) in [6.45, 7) is 6.69. The predicted octanol–water partition coefficient (Wildman–Crippen LogP) is 2.39. The molecule has 0 unspecified atom stereocenters. The van der Waals surface area contributed by atoms with Gasteiger partial charge in [-0.3, -0.25) is 4.79 Å². The lowest BCUT2D eigenvalue weighted by atomic mass is 9.97. The first-order chi connectivity index (χ1) is 14.1. The maximum atomic E-state index is 13.1. The van der Waals surface area contributed by atoms with Gasteiger partial charge in [0, 0.05) is 36.8 Å². The first kappa shape index (κ1) is 18.4. The Hall–Kier alpha value is -2.67. The van der Waals surface area contributed by atoms with E-state index in [4.69, 9.17) is 0 Å². The zero-order valence-electron chi connectivity index (χ0n) is 17.2. The third-order valence-electron chi connectivity index (χ3n) is 6.44. The molecule has 152 valence electrons. The number of benzene rings is 1. The molecule has 1 aromatic carbocycles. The minimum atomic E-state index is 0.141. The monoisotopic (exact) mass is 392 g/mol. The Kier molecular flexibility index (Phi) is 4.62. The number of fused-ring (bicyclic) bond motifs is 2. The van der Waals surface area contributed by atoms with Crippen LogP contribution in [-0.2, 0) is 24.4 Å². The molecular formula is C22H28N6O. The fourth-order valence-corrected chi connectivity index (χ4v) is 4.87. The van der Waals surface area contributed by atoms with E-state index in [0.717, 1.165) is 49.0 Å². The van der Waals surface area contributed by atoms with Crippen molar-refractivity contribution in [3.8, 4) is 0 Å². The number of hydrogen-bond acceptors (Lipinski definition) is 4. The number of nitrogens with zero attached hydrogens (tertiary/aromatic N) is 6. The number of likely N-dealkylation sites (tertiary alicyclic amines) is 1. The largest absolute Gasteiger partial charge is 0.335 e. The van der Waals surface area contributed by atoms with Crippen molar-refractivity contribution in [1.29, 1.82) is 0 Å². The van der Waals surface area contributed by atoms with Gasteiger partial charge in [0.15, 0.2) is 5.82 Å². The van der Waals surface area contributed by atoms with E-state index in [1.165, 1.54) is 18.2 Å². The van der Waals surface area contributed by atoms with Crippen LogP contribution in [-0.4, -0.2) is 61.7 Å². The number of likely N-dealkylation sites (N-methyl/N-ethyl adjacent to an activating group) is 1. The summed E-state index contributed by atoms with van der Waals surface area (Å²) in [5, 5.41) is 10.2. The molecule has 3 aromatic rings. The molecule has 2 aromatic heterocycles. The molecule has 5 rings (SSSR count). The molecule has 0 aliphatic carbocycles. The number of carbonyl (C=O) groups is 1. The number of rotatable bonds is 3. The molecule has 0 N–H and O–H groups in total. The van der Waals surface area contributed by atoms with Crippen LogP contribution in [0.25, 0.3) is 10.9 Å². The molecule has 0 bridgehead atoms. The van der Waals surface area contributed by atoms with Crippen LogP contribution in [0.15, 0.2) is 30.3 Å². The number of carbonyl (C=O) groups excluding carboxylic acids is 1. The van der Waals surface area contributed by atoms with Gasteiger partial charge in [-0.05, 0) is 50.9 Å². The fourth-order valence-electron chi connectivity index (χ4n) is 4.87. The highest BCUT2D eigenvalue weighted by molar-refractivity contribution is 5.84. The van der Waals surface area contributed by atoms with Gasteiger partial charge in [-0.2, -0.15) is 0 Å². The molecule has 2 aliphatic heterocycles. The van der Waals surface area contributed by atoms with Crippen LogP contribution in [0.2, 0.25) is 0 Å². The van der Waals surface area contributed by atoms with E-state index in [0.29, 0.717) is 19.0 Å². The van der Waals surface area contributed by atoms with E-state index in [-0.39, 0.29) is 5.91 Å². The maximum absolute atomic E-state index is 13.1. The molecular weight excluding hydrogens is 364 g/mol. The first-order valence-electron chi connectivity index (χ1n) is 10.5. The van der Waals surface area contributed by atoms with E-state index in [1.807, 2.05) is 17.0 Å². The highest BCUT2D eigenvalue weighted by atomic mass is 16.2. The summed E-state index contributed by atoms with van der Waals surface area (Å²) in [6, 6.07) is 10.4. The molecule has 7 heteroatoms. The molecule has 0 saturated carbocycles. The predicted molar refractivity (Wildman–Crippen MR) is 112 cm³/mol. The van der Waals surface area contributed by atoms with Crippen LogP contribution in [0.4, 0.5) is 0 Å². The molecule has 4 heterocycles. The van der Waals surface area contributed by atoms with Crippen molar-refractivity contribution < 1.29 is 4.79 Å². The Labute approximate surface area is 170 Å². The van der Waals surface area contributed by atoms with Gasteiger partial charge >= 0.3 is 0 Å². The van der Waals surface area contributed by atoms with E-state index in [9.17, 15) is 4.79 Å². The Morgan fingerprint density at radius 3 is 2.90 bits per heavy atom. The van der Waals surface area contributed by atoms with Gasteiger partial charge in [0.05, 0.1) is 6.54 Å². The summed E-state index contributed by atoms with van der Waals surface area (Å²) < 4.78 is 4.37. The lowest BCUT2D eigenvalue weighted by Crippen LogP contribution is -2.41. The van der Waals surface area contributed by atoms with Crippen LogP contribution in [0, 0.1) is 6.92 Å². The zero-order valence-corrected chi connectivity index (χ0v) is 17.2. The van der Waals surface area contributed by atoms with Gasteiger partial charge in [0.25, 0.3) is 0 Å². The highest BCUT2D eigenvalue weighted by Crippen LogP contribution is 2.27. The second-order valence-electron chi connectivity index (χ2n) is 8.47. The van der Waals surface area contributed by atoms with Crippen LogP contribution in [0.1, 0.15) is 36.1 Å². The first-order valence-corrected chi connectivity index (χ1v) is 10.5. The van der Waals surface area contributed by atoms with Gasteiger partial charge < -0.3 is 18.9 Å². The van der Waals surface area contributed by atoms with Gasteiger partial charge in [0.2, 0.25) is 5.91 Å². The summed E-state index contributed by atoms with van der Waals surface area (Å²) in [7, 11) is 2.17. The SMILES string of the molecule is Cc1cc2ccccc2n1CC(=O)N1CCn2c(nnc2[C@@H]2CCCN(C)C2)C1. The molecule has 0 radical (unpaired) electrons. The Balaban J connectivity index is 1.32. The van der Waals surface area contributed by atoms with Gasteiger partial charge in [0.1, 0.15) is 12.4 Å². The van der Waals surface area contributed by atoms with Crippen molar-refractivity contribution in [2.24, 2.45) is 0 Å². The number of amides is 1. The average Bonchev–Trinajstić information content (AvgIpc) is 3.28. The molecule has 1 amide bonds. The maximum Gasteiger partial charge on any atom is 0.242 e. The van der Waals surface area contributed by atoms with Crippen molar-refractivity contribution in [3.05, 3.63) is 47.7 Å². The lowest BCUT2D eigenvalue weighted by molar-refractivity contribution is -0.133. The third kappa shape index (κ3) is 3.33. The van der Waals surface area contributed by atoms with Gasteiger partial charge in [-0.15, -0.1) is 10.2 Å². The number of para-hydroxylation sites is 1. The Morgan fingerprint density at radius 1 is 1.17 bits per heavy atom. The molecule has 7 nitrogen and oxygen atoms in total. The van der Waals surface area contributed by atoms with Crippen molar-refractivity contribution in [2.45, 2.75) is 45.3 Å². The lowest BCUT2D eigenvalue weighted by Gasteiger charge is -2.32. The molecule has 0 spiro atoms. The summed E-state index contributed by atoms with van der Waals surface area (Å²) >= 11 is 0. The summed E-state index contributed by atoms with van der Waals surface area (Å²) in [5.74, 6) is 2.61. The highest BCUT2D eigenvalue weighted by Gasteiger charge is 2.29. The summed E-state index contributed by atoms with van der Waals surface area (Å²) in [4.78, 5) is 17.4. The van der Waals surface area contributed by atoms with Crippen LogP contribution >= 0.6 is 0 Å². The fraction of sp³-hybridized carbons (Fsp3) is 0.500. The second kappa shape index (κ2) is 7.30. The number of aromatic nitrogens is 4. The topological polar surface area (TPSA) is 59.2 Å². The van der Waals surface area contributed by atoms with Crippen LogP contribution in [0.3, 0.4) is 0 Å². The third-order valence-corrected chi connectivity index (χ3v) is 6.44. The van der Waals surface area contributed by atoms with Crippen molar-refractivity contribution in [3.63, 3.8) is 0 Å². The molecule has 1 fully saturated rings. The number of piperidine rings is 1.